The Hall–Kier alpha value is -1.32. The molecule has 14 heavy (non-hydrogen) atoms. The Morgan fingerprint density at radius 1 is 1.64 bits per heavy atom. The summed E-state index contributed by atoms with van der Waals surface area (Å²) in [5, 5.41) is 6.00. The van der Waals surface area contributed by atoms with Crippen molar-refractivity contribution in [1.82, 2.24) is 14.9 Å². The third kappa shape index (κ3) is 2.87. The Morgan fingerprint density at radius 3 is 3.00 bits per heavy atom. The predicted octanol–water partition coefficient (Wildman–Crippen LogP) is 0.101. The van der Waals surface area contributed by atoms with Crippen LogP contribution in [0.15, 0.2) is 17.3 Å². The fourth-order valence-electron chi connectivity index (χ4n) is 0.842. The van der Waals surface area contributed by atoms with Crippen molar-refractivity contribution in [3.05, 3.63) is 12.4 Å². The maximum atomic E-state index is 11.4. The van der Waals surface area contributed by atoms with Gasteiger partial charge in [0.25, 0.3) is 0 Å². The zero-order chi connectivity index (χ0) is 10.4. The minimum Gasteiger partial charge on any atom is -0.284 e. The first-order valence-corrected chi connectivity index (χ1v) is 5.53. The van der Waals surface area contributed by atoms with Crippen molar-refractivity contribution in [2.45, 2.75) is 18.2 Å². The van der Waals surface area contributed by atoms with Gasteiger partial charge >= 0.3 is 0 Å². The molecule has 0 radical (unpaired) electrons. The van der Waals surface area contributed by atoms with Crippen LogP contribution in [0, 0.1) is 11.8 Å². The summed E-state index contributed by atoms with van der Waals surface area (Å²) in [6, 6.07) is 0. The van der Waals surface area contributed by atoms with Gasteiger partial charge in [-0.1, -0.05) is 0 Å². The van der Waals surface area contributed by atoms with Crippen LogP contribution in [0.4, 0.5) is 0 Å². The minimum atomic E-state index is -3.41. The van der Waals surface area contributed by atoms with Gasteiger partial charge in [0.05, 0.1) is 6.20 Å². The number of hydrogen-bond donors (Lipinski definition) is 2. The summed E-state index contributed by atoms with van der Waals surface area (Å²) in [4.78, 5) is 0.141. The molecule has 0 aliphatic carbocycles. The first kappa shape index (κ1) is 10.8. The Morgan fingerprint density at radius 2 is 2.43 bits per heavy atom. The van der Waals surface area contributed by atoms with Crippen LogP contribution in [0.2, 0.25) is 0 Å². The normalized spacial score (nSPS) is 10.6. The summed E-state index contributed by atoms with van der Waals surface area (Å²) < 4.78 is 25.3. The van der Waals surface area contributed by atoms with Gasteiger partial charge in [0.1, 0.15) is 4.90 Å². The van der Waals surface area contributed by atoms with Crippen LogP contribution in [0.3, 0.4) is 0 Å². The molecule has 0 saturated carbocycles. The second kappa shape index (κ2) is 4.79. The van der Waals surface area contributed by atoms with Crippen molar-refractivity contribution >= 4 is 10.0 Å². The number of hydrogen-bond acceptors (Lipinski definition) is 3. The van der Waals surface area contributed by atoms with Gasteiger partial charge in [-0.05, 0) is 6.92 Å². The number of sulfonamides is 1. The summed E-state index contributed by atoms with van der Waals surface area (Å²) in [5.41, 5.74) is 0. The van der Waals surface area contributed by atoms with Gasteiger partial charge in [-0.2, -0.15) is 5.10 Å². The van der Waals surface area contributed by atoms with E-state index in [1.807, 2.05) is 0 Å². The molecule has 76 valence electrons. The number of rotatable bonds is 4. The summed E-state index contributed by atoms with van der Waals surface area (Å²) in [5.74, 6) is 5.45. The second-order valence-electron chi connectivity index (χ2n) is 2.51. The Kier molecular flexibility index (Phi) is 3.68. The topological polar surface area (TPSA) is 74.8 Å². The Labute approximate surface area is 83.0 Å². The lowest BCUT2D eigenvalue weighted by Gasteiger charge is -2.00. The summed E-state index contributed by atoms with van der Waals surface area (Å²) in [6.07, 6.45) is 3.09. The van der Waals surface area contributed by atoms with E-state index < -0.39 is 10.0 Å². The van der Waals surface area contributed by atoms with Crippen LogP contribution in [0.25, 0.3) is 0 Å². The fraction of sp³-hybridized carbons (Fsp3) is 0.375. The highest BCUT2D eigenvalue weighted by atomic mass is 32.2. The molecular weight excluding hydrogens is 202 g/mol. The van der Waals surface area contributed by atoms with Gasteiger partial charge in [0.2, 0.25) is 10.0 Å². The molecule has 0 saturated heterocycles. The largest absolute Gasteiger partial charge is 0.284 e. The third-order valence-electron chi connectivity index (χ3n) is 1.50. The number of nitrogens with one attached hydrogen (secondary N) is 2. The predicted molar refractivity (Wildman–Crippen MR) is 51.8 cm³/mol. The maximum absolute atomic E-state index is 11.4. The van der Waals surface area contributed by atoms with Crippen LogP contribution in [0.1, 0.15) is 13.3 Å². The lowest BCUT2D eigenvalue weighted by molar-refractivity contribution is 0.582. The average Bonchev–Trinajstić information content (AvgIpc) is 2.65. The lowest BCUT2D eigenvalue weighted by Crippen LogP contribution is -2.24. The van der Waals surface area contributed by atoms with E-state index in [1.165, 1.54) is 12.4 Å². The van der Waals surface area contributed by atoms with Crippen molar-refractivity contribution in [3.8, 4) is 11.8 Å². The maximum Gasteiger partial charge on any atom is 0.243 e. The molecule has 0 atom stereocenters. The van der Waals surface area contributed by atoms with Crippen LogP contribution < -0.4 is 4.72 Å². The SMILES string of the molecule is CC#CCCNS(=O)(=O)c1cn[nH]c1. The highest BCUT2D eigenvalue weighted by molar-refractivity contribution is 7.89. The van der Waals surface area contributed by atoms with E-state index in [0.717, 1.165) is 0 Å². The molecule has 0 unspecified atom stereocenters. The van der Waals surface area contributed by atoms with Crippen molar-refractivity contribution in [2.24, 2.45) is 0 Å². The smallest absolute Gasteiger partial charge is 0.243 e. The molecule has 1 heterocycles. The quantitative estimate of drug-likeness (QED) is 0.550. The molecule has 0 amide bonds. The second-order valence-corrected chi connectivity index (χ2v) is 4.28. The number of nitrogens with zero attached hydrogens (tertiary/aromatic N) is 1. The monoisotopic (exact) mass is 213 g/mol. The van der Waals surface area contributed by atoms with E-state index in [9.17, 15) is 8.42 Å². The van der Waals surface area contributed by atoms with Crippen molar-refractivity contribution in [1.29, 1.82) is 0 Å². The third-order valence-corrected chi connectivity index (χ3v) is 2.93. The molecule has 0 aliphatic rings. The van der Waals surface area contributed by atoms with Crippen molar-refractivity contribution < 1.29 is 8.42 Å². The number of aromatic amines is 1. The van der Waals surface area contributed by atoms with Gasteiger partial charge < -0.3 is 0 Å². The highest BCUT2D eigenvalue weighted by Crippen LogP contribution is 2.03. The standard InChI is InChI=1S/C8H11N3O2S/c1-2-3-4-5-11-14(12,13)8-6-9-10-7-8/h6-7,11H,4-5H2,1H3,(H,9,10). The highest BCUT2D eigenvalue weighted by Gasteiger charge is 2.13. The molecule has 0 spiro atoms. The van der Waals surface area contributed by atoms with Gasteiger partial charge in [-0.25, -0.2) is 13.1 Å². The summed E-state index contributed by atoms with van der Waals surface area (Å²) in [7, 11) is -3.41. The van der Waals surface area contributed by atoms with E-state index in [0.29, 0.717) is 13.0 Å². The molecule has 1 aromatic rings. The molecule has 0 aliphatic heterocycles. The average molecular weight is 213 g/mol. The molecule has 1 rings (SSSR count). The van der Waals surface area contributed by atoms with E-state index in [4.69, 9.17) is 0 Å². The van der Waals surface area contributed by atoms with E-state index in [2.05, 4.69) is 26.8 Å². The number of aromatic nitrogens is 2. The molecule has 0 aromatic carbocycles. The first-order chi connectivity index (χ1) is 6.67. The van der Waals surface area contributed by atoms with E-state index >= 15 is 0 Å². The van der Waals surface area contributed by atoms with Crippen molar-refractivity contribution in [2.75, 3.05) is 6.54 Å². The Bertz CT molecular complexity index is 425. The zero-order valence-electron chi connectivity index (χ0n) is 7.74. The molecular formula is C8H11N3O2S. The van der Waals surface area contributed by atoms with Crippen LogP contribution in [-0.2, 0) is 10.0 Å². The Balaban J connectivity index is 2.55. The zero-order valence-corrected chi connectivity index (χ0v) is 8.56. The molecule has 5 nitrogen and oxygen atoms in total. The van der Waals surface area contributed by atoms with Gasteiger partial charge in [-0.3, -0.25) is 5.10 Å². The van der Waals surface area contributed by atoms with Gasteiger partial charge in [-0.15, -0.1) is 11.8 Å². The van der Waals surface area contributed by atoms with Gasteiger partial charge in [0, 0.05) is 19.2 Å². The number of H-pyrrole nitrogens is 1. The first-order valence-electron chi connectivity index (χ1n) is 4.05. The lowest BCUT2D eigenvalue weighted by atomic mass is 10.4. The van der Waals surface area contributed by atoms with E-state index in [1.54, 1.807) is 6.92 Å². The summed E-state index contributed by atoms with van der Waals surface area (Å²) >= 11 is 0. The fourth-order valence-corrected chi connectivity index (χ4v) is 1.78. The van der Waals surface area contributed by atoms with Crippen LogP contribution in [-0.4, -0.2) is 25.2 Å². The van der Waals surface area contributed by atoms with Crippen molar-refractivity contribution in [3.63, 3.8) is 0 Å². The van der Waals surface area contributed by atoms with Crippen LogP contribution in [0.5, 0.6) is 0 Å². The molecule has 2 N–H and O–H groups in total. The molecule has 6 heteroatoms. The minimum absolute atomic E-state index is 0.141. The molecule has 0 fully saturated rings. The molecule has 1 aromatic heterocycles. The van der Waals surface area contributed by atoms with Gasteiger partial charge in [0.15, 0.2) is 0 Å². The van der Waals surface area contributed by atoms with Crippen LogP contribution >= 0.6 is 0 Å². The summed E-state index contributed by atoms with van der Waals surface area (Å²) in [6.45, 7) is 2.03. The molecule has 0 bridgehead atoms. The van der Waals surface area contributed by atoms with E-state index in [-0.39, 0.29) is 4.90 Å².